The third kappa shape index (κ3) is 5.89. The topological polar surface area (TPSA) is 70.7 Å². The molecular formula is C27H38N4O. The fraction of sp³-hybridized carbons (Fsp3) is 0.556. The van der Waals surface area contributed by atoms with Gasteiger partial charge in [0.1, 0.15) is 5.78 Å². The Kier molecular flexibility index (Phi) is 7.80. The summed E-state index contributed by atoms with van der Waals surface area (Å²) < 4.78 is 0. The molecule has 0 amide bonds. The molecule has 32 heavy (non-hydrogen) atoms. The molecule has 1 saturated heterocycles. The molecule has 0 radical (unpaired) electrons. The number of likely N-dealkylation sites (tertiary alicyclic amines) is 1. The lowest BCUT2D eigenvalue weighted by molar-refractivity contribution is -0.121. The number of nitrogens with two attached hydrogens (primary N) is 1. The first kappa shape index (κ1) is 22.8. The number of guanidine groups is 1. The van der Waals surface area contributed by atoms with Gasteiger partial charge in [-0.25, -0.2) is 4.99 Å². The first-order chi connectivity index (χ1) is 15.6. The van der Waals surface area contributed by atoms with Crippen LogP contribution >= 0.6 is 0 Å². The number of hydrogen-bond donors (Lipinski definition) is 2. The van der Waals surface area contributed by atoms with E-state index in [1.165, 1.54) is 55.8 Å². The smallest absolute Gasteiger partial charge is 0.188 e. The molecule has 0 bridgehead atoms. The third-order valence-corrected chi connectivity index (χ3v) is 7.62. The van der Waals surface area contributed by atoms with Crippen molar-refractivity contribution in [2.75, 3.05) is 20.1 Å². The zero-order valence-electron chi connectivity index (χ0n) is 19.4. The Hall–Kier alpha value is -2.40. The zero-order valence-corrected chi connectivity index (χ0v) is 19.4. The molecule has 1 saturated carbocycles. The number of aliphatic imine (C=N–C) groups is 1. The lowest BCUT2D eigenvalue weighted by Crippen LogP contribution is -2.34. The van der Waals surface area contributed by atoms with Gasteiger partial charge >= 0.3 is 0 Å². The number of nitrogens with zero attached hydrogens (tertiary/aromatic N) is 2. The molecule has 3 unspecified atom stereocenters. The van der Waals surface area contributed by atoms with Crippen molar-refractivity contribution >= 4 is 22.5 Å². The van der Waals surface area contributed by atoms with Crippen molar-refractivity contribution in [3.8, 4) is 0 Å². The summed E-state index contributed by atoms with van der Waals surface area (Å²) in [6, 6.07) is 15.3. The SMILES string of the molecule is CN1CCCC1CCC1CCC1CC(=O)CCNC(N)=NCc1cccc2ccccc12. The van der Waals surface area contributed by atoms with Crippen LogP contribution in [0.25, 0.3) is 10.8 Å². The van der Waals surface area contributed by atoms with E-state index < -0.39 is 0 Å². The molecule has 1 heterocycles. The van der Waals surface area contributed by atoms with Gasteiger partial charge < -0.3 is 16.0 Å². The van der Waals surface area contributed by atoms with E-state index >= 15 is 0 Å². The minimum atomic E-state index is 0.354. The molecule has 5 heteroatoms. The highest BCUT2D eigenvalue weighted by Crippen LogP contribution is 2.41. The van der Waals surface area contributed by atoms with Gasteiger partial charge in [0.15, 0.2) is 5.96 Å². The average molecular weight is 435 g/mol. The van der Waals surface area contributed by atoms with Gasteiger partial charge in [0.05, 0.1) is 6.54 Å². The summed E-state index contributed by atoms with van der Waals surface area (Å²) in [7, 11) is 2.25. The Labute approximate surface area is 192 Å². The number of rotatable bonds is 10. The minimum absolute atomic E-state index is 0.354. The molecule has 2 aromatic rings. The molecule has 1 aliphatic heterocycles. The van der Waals surface area contributed by atoms with Crippen molar-refractivity contribution in [3.05, 3.63) is 48.0 Å². The fourth-order valence-electron chi connectivity index (χ4n) is 5.42. The number of fused-ring (bicyclic) bond motifs is 1. The Balaban J connectivity index is 1.15. The van der Waals surface area contributed by atoms with Crippen LogP contribution in [0.4, 0.5) is 0 Å². The Morgan fingerprint density at radius 2 is 1.91 bits per heavy atom. The second-order valence-electron chi connectivity index (χ2n) is 9.71. The average Bonchev–Trinajstić information content (AvgIpc) is 3.20. The largest absolute Gasteiger partial charge is 0.370 e. The highest BCUT2D eigenvalue weighted by Gasteiger charge is 2.33. The van der Waals surface area contributed by atoms with E-state index in [9.17, 15) is 4.79 Å². The Morgan fingerprint density at radius 1 is 1.09 bits per heavy atom. The van der Waals surface area contributed by atoms with Crippen molar-refractivity contribution < 1.29 is 4.79 Å². The van der Waals surface area contributed by atoms with Gasteiger partial charge in [0, 0.05) is 25.4 Å². The highest BCUT2D eigenvalue weighted by atomic mass is 16.1. The molecule has 0 aromatic heterocycles. The quantitative estimate of drug-likeness (QED) is 0.427. The predicted octanol–water partition coefficient (Wildman–Crippen LogP) is 4.49. The summed E-state index contributed by atoms with van der Waals surface area (Å²) in [6.07, 6.45) is 9.07. The molecule has 4 rings (SSSR count). The van der Waals surface area contributed by atoms with Crippen molar-refractivity contribution in [1.29, 1.82) is 0 Å². The molecule has 0 spiro atoms. The molecule has 172 valence electrons. The van der Waals surface area contributed by atoms with Crippen LogP contribution in [0.15, 0.2) is 47.5 Å². The maximum atomic E-state index is 12.5. The van der Waals surface area contributed by atoms with E-state index in [0.717, 1.165) is 23.9 Å². The second-order valence-corrected chi connectivity index (χ2v) is 9.71. The monoisotopic (exact) mass is 434 g/mol. The highest BCUT2D eigenvalue weighted by molar-refractivity contribution is 5.86. The molecular weight excluding hydrogens is 396 g/mol. The molecule has 3 N–H and O–H groups in total. The molecule has 2 fully saturated rings. The molecule has 2 aliphatic rings. The normalized spacial score (nSPS) is 23.9. The number of carbonyl (C=O) groups excluding carboxylic acids is 1. The van der Waals surface area contributed by atoms with E-state index in [4.69, 9.17) is 5.73 Å². The van der Waals surface area contributed by atoms with Crippen LogP contribution < -0.4 is 11.1 Å². The van der Waals surface area contributed by atoms with Gasteiger partial charge in [-0.15, -0.1) is 0 Å². The molecule has 5 nitrogen and oxygen atoms in total. The number of carbonyl (C=O) groups is 1. The minimum Gasteiger partial charge on any atom is -0.370 e. The summed E-state index contributed by atoms with van der Waals surface area (Å²) in [6.45, 7) is 2.35. The van der Waals surface area contributed by atoms with Crippen molar-refractivity contribution in [3.63, 3.8) is 0 Å². The van der Waals surface area contributed by atoms with Gasteiger partial charge in [0.2, 0.25) is 0 Å². The van der Waals surface area contributed by atoms with Crippen LogP contribution in [0.2, 0.25) is 0 Å². The number of hydrogen-bond acceptors (Lipinski definition) is 3. The molecule has 3 atom stereocenters. The third-order valence-electron chi connectivity index (χ3n) is 7.62. The van der Waals surface area contributed by atoms with Crippen LogP contribution in [-0.4, -0.2) is 42.8 Å². The molecule has 2 aromatic carbocycles. The van der Waals surface area contributed by atoms with Gasteiger partial charge in [-0.1, -0.05) is 42.5 Å². The van der Waals surface area contributed by atoms with E-state index in [-0.39, 0.29) is 0 Å². The van der Waals surface area contributed by atoms with Gasteiger partial charge in [-0.05, 0) is 80.3 Å². The van der Waals surface area contributed by atoms with E-state index in [1.54, 1.807) is 0 Å². The fourth-order valence-corrected chi connectivity index (χ4v) is 5.42. The zero-order chi connectivity index (χ0) is 22.3. The van der Waals surface area contributed by atoms with Gasteiger partial charge in [-0.2, -0.15) is 0 Å². The standard InChI is InChI=1S/C27H38N4O/c1-31-17-5-9-24(31)14-13-20-11-12-22(20)18-25(32)15-16-29-27(28)30-19-23-8-4-7-21-6-2-3-10-26(21)23/h2-4,6-8,10,20,22,24H,5,9,11-19H2,1H3,(H3,28,29,30). The summed E-state index contributed by atoms with van der Waals surface area (Å²) in [5.41, 5.74) is 7.20. The van der Waals surface area contributed by atoms with Gasteiger partial charge in [0.25, 0.3) is 0 Å². The van der Waals surface area contributed by atoms with E-state index in [1.807, 2.05) is 12.1 Å². The summed E-state index contributed by atoms with van der Waals surface area (Å²) >= 11 is 0. The van der Waals surface area contributed by atoms with E-state index in [2.05, 4.69) is 52.6 Å². The first-order valence-electron chi connectivity index (χ1n) is 12.3. The number of benzene rings is 2. The van der Waals surface area contributed by atoms with Crippen molar-refractivity contribution in [2.45, 2.75) is 64.0 Å². The summed E-state index contributed by atoms with van der Waals surface area (Å²) in [4.78, 5) is 19.5. The lowest BCUT2D eigenvalue weighted by Gasteiger charge is -2.37. The maximum absolute atomic E-state index is 12.5. The first-order valence-corrected chi connectivity index (χ1v) is 12.3. The predicted molar refractivity (Wildman–Crippen MR) is 133 cm³/mol. The van der Waals surface area contributed by atoms with Crippen molar-refractivity contribution in [2.24, 2.45) is 22.6 Å². The number of nitrogens with one attached hydrogen (secondary N) is 1. The van der Waals surface area contributed by atoms with Crippen LogP contribution in [-0.2, 0) is 11.3 Å². The van der Waals surface area contributed by atoms with Crippen molar-refractivity contribution in [1.82, 2.24) is 10.2 Å². The van der Waals surface area contributed by atoms with Crippen LogP contribution in [0.5, 0.6) is 0 Å². The maximum Gasteiger partial charge on any atom is 0.188 e. The van der Waals surface area contributed by atoms with Gasteiger partial charge in [-0.3, -0.25) is 4.79 Å². The van der Waals surface area contributed by atoms with E-state index in [0.29, 0.717) is 37.2 Å². The molecule has 1 aliphatic carbocycles. The number of ketones is 1. The Bertz CT molecular complexity index is 935. The number of Topliss-reactive ketones (excluding diaryl/α,β-unsaturated/α-hetero) is 1. The van der Waals surface area contributed by atoms with Crippen LogP contribution in [0.1, 0.15) is 56.9 Å². The summed E-state index contributed by atoms with van der Waals surface area (Å²) in [5.74, 6) is 2.12. The van der Waals surface area contributed by atoms with Crippen LogP contribution in [0, 0.1) is 11.8 Å². The lowest BCUT2D eigenvalue weighted by atomic mass is 9.68. The second kappa shape index (κ2) is 11.0. The Morgan fingerprint density at radius 3 is 2.69 bits per heavy atom. The summed E-state index contributed by atoms with van der Waals surface area (Å²) in [5, 5.41) is 5.54. The van der Waals surface area contributed by atoms with Crippen LogP contribution in [0.3, 0.4) is 0 Å².